The molecule has 25 heavy (non-hydrogen) atoms. The van der Waals surface area contributed by atoms with Gasteiger partial charge in [0.25, 0.3) is 5.91 Å². The van der Waals surface area contributed by atoms with Crippen LogP contribution >= 0.6 is 0 Å². The van der Waals surface area contributed by atoms with E-state index in [0.29, 0.717) is 24.3 Å². The van der Waals surface area contributed by atoms with Gasteiger partial charge in [-0.05, 0) is 18.9 Å². The normalized spacial score (nSPS) is 23.3. The van der Waals surface area contributed by atoms with Gasteiger partial charge < -0.3 is 15.4 Å². The molecule has 2 heterocycles. The highest BCUT2D eigenvalue weighted by Crippen LogP contribution is 2.40. The molecule has 7 nitrogen and oxygen atoms in total. The molecular weight excluding hydrogens is 322 g/mol. The van der Waals surface area contributed by atoms with Crippen LogP contribution in [-0.2, 0) is 15.1 Å². The second kappa shape index (κ2) is 6.38. The van der Waals surface area contributed by atoms with Crippen molar-refractivity contribution in [2.24, 2.45) is 5.92 Å². The number of fused-ring (bicyclic) bond motifs is 2. The summed E-state index contributed by atoms with van der Waals surface area (Å²) in [6.45, 7) is 5.92. The minimum atomic E-state index is -1.14. The van der Waals surface area contributed by atoms with Crippen LogP contribution in [0.15, 0.2) is 24.3 Å². The van der Waals surface area contributed by atoms with E-state index in [2.05, 4.69) is 10.6 Å². The third-order valence-electron chi connectivity index (χ3n) is 4.95. The smallest absolute Gasteiger partial charge is 0.325 e. The van der Waals surface area contributed by atoms with Gasteiger partial charge in [-0.3, -0.25) is 14.5 Å². The van der Waals surface area contributed by atoms with Gasteiger partial charge in [0.15, 0.2) is 5.54 Å². The number of rotatable bonds is 4. The highest BCUT2D eigenvalue weighted by atomic mass is 16.5. The summed E-state index contributed by atoms with van der Waals surface area (Å²) in [6, 6.07) is 6.58. The van der Waals surface area contributed by atoms with Crippen LogP contribution < -0.4 is 15.4 Å². The Morgan fingerprint density at radius 2 is 2.04 bits per heavy atom. The predicted molar refractivity (Wildman–Crippen MR) is 90.9 cm³/mol. The molecule has 134 valence electrons. The van der Waals surface area contributed by atoms with Crippen LogP contribution in [0.2, 0.25) is 0 Å². The molecule has 0 bridgehead atoms. The predicted octanol–water partition coefficient (Wildman–Crippen LogP) is 1.38. The Kier molecular flexibility index (Phi) is 4.41. The average Bonchev–Trinajstić information content (AvgIpc) is 2.80. The first-order chi connectivity index (χ1) is 11.8. The minimum absolute atomic E-state index is 0.0361. The Labute approximate surface area is 146 Å². The highest BCUT2D eigenvalue weighted by molar-refractivity contribution is 6.09. The fraction of sp³-hybridized carbons (Fsp3) is 0.500. The standard InChI is InChI=1S/C18H23N3O4/c1-11(2)12(3)19-15(22)10-21-16(23)18(20-17(21)24)8-9-25-14-7-5-4-6-13(14)18/h4-7,11-12H,8-10H2,1-3H3,(H,19,22)(H,20,24)/t12-,18-/m1/s1. The number of hydrogen-bond acceptors (Lipinski definition) is 4. The molecule has 3 rings (SSSR count). The average molecular weight is 345 g/mol. The molecule has 1 aromatic rings. The minimum Gasteiger partial charge on any atom is -0.493 e. The van der Waals surface area contributed by atoms with E-state index in [1.165, 1.54) is 0 Å². The van der Waals surface area contributed by atoms with Gasteiger partial charge in [-0.25, -0.2) is 4.79 Å². The Balaban J connectivity index is 1.81. The maximum Gasteiger partial charge on any atom is 0.325 e. The van der Waals surface area contributed by atoms with Crippen LogP contribution in [-0.4, -0.2) is 41.9 Å². The molecule has 0 unspecified atom stereocenters. The van der Waals surface area contributed by atoms with Crippen LogP contribution in [0.3, 0.4) is 0 Å². The van der Waals surface area contributed by atoms with Gasteiger partial charge >= 0.3 is 6.03 Å². The summed E-state index contributed by atoms with van der Waals surface area (Å²) in [6.07, 6.45) is 0.342. The second-order valence-electron chi connectivity index (χ2n) is 6.92. The molecular formula is C18H23N3O4. The van der Waals surface area contributed by atoms with E-state index in [4.69, 9.17) is 4.74 Å². The van der Waals surface area contributed by atoms with E-state index in [1.54, 1.807) is 18.2 Å². The third kappa shape index (κ3) is 2.94. The number of urea groups is 1. The summed E-state index contributed by atoms with van der Waals surface area (Å²) >= 11 is 0. The van der Waals surface area contributed by atoms with E-state index in [-0.39, 0.29) is 24.4 Å². The van der Waals surface area contributed by atoms with Crippen molar-refractivity contribution in [2.45, 2.75) is 38.8 Å². The first kappa shape index (κ1) is 17.3. The lowest BCUT2D eigenvalue weighted by molar-refractivity contribution is -0.136. The number of amides is 4. The summed E-state index contributed by atoms with van der Waals surface area (Å²) in [7, 11) is 0. The molecule has 0 aromatic heterocycles. The van der Waals surface area contributed by atoms with Gasteiger partial charge in [0, 0.05) is 18.0 Å². The number of nitrogens with one attached hydrogen (secondary N) is 2. The molecule has 1 aromatic carbocycles. The molecule has 2 aliphatic rings. The number of benzene rings is 1. The molecule has 7 heteroatoms. The van der Waals surface area contributed by atoms with Crippen molar-refractivity contribution in [3.63, 3.8) is 0 Å². The SMILES string of the molecule is CC(C)[C@@H](C)NC(=O)CN1C(=O)N[C@@]2(CCOc3ccccc32)C1=O. The molecule has 2 atom stereocenters. The summed E-state index contributed by atoms with van der Waals surface area (Å²) in [5.41, 5.74) is -0.506. The molecule has 2 N–H and O–H groups in total. The van der Waals surface area contributed by atoms with Gasteiger partial charge in [0.05, 0.1) is 6.61 Å². The van der Waals surface area contributed by atoms with Crippen LogP contribution in [0.4, 0.5) is 4.79 Å². The lowest BCUT2D eigenvalue weighted by atomic mass is 9.84. The van der Waals surface area contributed by atoms with Gasteiger partial charge in [0.1, 0.15) is 12.3 Å². The summed E-state index contributed by atoms with van der Waals surface area (Å²) in [5.74, 6) is 0.102. The molecule has 4 amide bonds. The van der Waals surface area contributed by atoms with Gasteiger partial charge in [0.2, 0.25) is 5.91 Å². The van der Waals surface area contributed by atoms with Crippen LogP contribution in [0.1, 0.15) is 32.8 Å². The van der Waals surface area contributed by atoms with Crippen LogP contribution in [0.5, 0.6) is 5.75 Å². The number of carbonyl (C=O) groups excluding carboxylic acids is 3. The topological polar surface area (TPSA) is 87.7 Å². The zero-order chi connectivity index (χ0) is 18.2. The third-order valence-corrected chi connectivity index (χ3v) is 4.95. The lowest BCUT2D eigenvalue weighted by Gasteiger charge is -2.33. The van der Waals surface area contributed by atoms with Crippen molar-refractivity contribution >= 4 is 17.8 Å². The number of hydrogen-bond donors (Lipinski definition) is 2. The zero-order valence-corrected chi connectivity index (χ0v) is 14.7. The van der Waals surface area contributed by atoms with E-state index >= 15 is 0 Å². The lowest BCUT2D eigenvalue weighted by Crippen LogP contribution is -2.48. The van der Waals surface area contributed by atoms with Crippen molar-refractivity contribution in [3.8, 4) is 5.75 Å². The number of para-hydroxylation sites is 1. The Morgan fingerprint density at radius 3 is 2.76 bits per heavy atom. The fourth-order valence-electron chi connectivity index (χ4n) is 3.13. The molecule has 1 fully saturated rings. The Hall–Kier alpha value is -2.57. The second-order valence-corrected chi connectivity index (χ2v) is 6.92. The van der Waals surface area contributed by atoms with Gasteiger partial charge in [-0.15, -0.1) is 0 Å². The first-order valence-electron chi connectivity index (χ1n) is 8.51. The first-order valence-corrected chi connectivity index (χ1v) is 8.51. The van der Waals surface area contributed by atoms with E-state index < -0.39 is 17.5 Å². The van der Waals surface area contributed by atoms with Crippen molar-refractivity contribution in [3.05, 3.63) is 29.8 Å². The maximum absolute atomic E-state index is 13.0. The quantitative estimate of drug-likeness (QED) is 0.807. The number of ether oxygens (including phenoxy) is 1. The highest BCUT2D eigenvalue weighted by Gasteiger charge is 2.55. The van der Waals surface area contributed by atoms with Gasteiger partial charge in [-0.2, -0.15) is 0 Å². The molecule has 0 radical (unpaired) electrons. The van der Waals surface area contributed by atoms with E-state index in [1.807, 2.05) is 26.8 Å². The van der Waals surface area contributed by atoms with Crippen molar-refractivity contribution < 1.29 is 19.1 Å². The zero-order valence-electron chi connectivity index (χ0n) is 14.7. The van der Waals surface area contributed by atoms with Crippen LogP contribution in [0, 0.1) is 5.92 Å². The van der Waals surface area contributed by atoms with Gasteiger partial charge in [-0.1, -0.05) is 32.0 Å². The summed E-state index contributed by atoms with van der Waals surface area (Å²) in [5, 5.41) is 5.60. The largest absolute Gasteiger partial charge is 0.493 e. The van der Waals surface area contributed by atoms with E-state index in [0.717, 1.165) is 4.90 Å². The summed E-state index contributed by atoms with van der Waals surface area (Å²) < 4.78 is 5.59. The molecule has 0 saturated carbocycles. The number of nitrogens with zero attached hydrogens (tertiary/aromatic N) is 1. The Morgan fingerprint density at radius 1 is 1.32 bits per heavy atom. The summed E-state index contributed by atoms with van der Waals surface area (Å²) in [4.78, 5) is 38.6. The van der Waals surface area contributed by atoms with Crippen molar-refractivity contribution in [2.75, 3.05) is 13.2 Å². The Bertz CT molecular complexity index is 718. The molecule has 2 aliphatic heterocycles. The molecule has 1 saturated heterocycles. The molecule has 1 spiro atoms. The number of imide groups is 1. The van der Waals surface area contributed by atoms with Crippen LogP contribution in [0.25, 0.3) is 0 Å². The maximum atomic E-state index is 13.0. The molecule has 0 aliphatic carbocycles. The fourth-order valence-corrected chi connectivity index (χ4v) is 3.13. The van der Waals surface area contributed by atoms with E-state index in [9.17, 15) is 14.4 Å². The van der Waals surface area contributed by atoms with Crippen molar-refractivity contribution in [1.29, 1.82) is 0 Å². The number of carbonyl (C=O) groups is 3. The monoisotopic (exact) mass is 345 g/mol. The van der Waals surface area contributed by atoms with Crippen molar-refractivity contribution in [1.82, 2.24) is 15.5 Å².